The van der Waals surface area contributed by atoms with Crippen molar-refractivity contribution < 1.29 is 47.8 Å². The van der Waals surface area contributed by atoms with Crippen LogP contribution in [0.4, 0.5) is 0 Å². The van der Waals surface area contributed by atoms with Crippen molar-refractivity contribution in [2.75, 3.05) is 19.8 Å². The van der Waals surface area contributed by atoms with Gasteiger partial charge in [0, 0.05) is 12.8 Å². The van der Waals surface area contributed by atoms with Crippen LogP contribution < -0.4 is 5.32 Å². The number of phosphoric acid groups is 1. The van der Waals surface area contributed by atoms with E-state index < -0.39 is 57.6 Å². The molecule has 55 heavy (non-hydrogen) atoms. The Bertz CT molecular complexity index is 952. The van der Waals surface area contributed by atoms with Gasteiger partial charge in [-0.15, -0.1) is 0 Å². The second kappa shape index (κ2) is 39.3. The predicted molar refractivity (Wildman–Crippen MR) is 222 cm³/mol. The van der Waals surface area contributed by atoms with Crippen LogP contribution in [0.15, 0.2) is 0 Å². The predicted octanol–water partition coefficient (Wildman–Crippen LogP) is 11.5. The van der Waals surface area contributed by atoms with Gasteiger partial charge in [0.1, 0.15) is 12.7 Å². The van der Waals surface area contributed by atoms with Crippen LogP contribution in [0, 0.1) is 0 Å². The van der Waals surface area contributed by atoms with Gasteiger partial charge in [0.2, 0.25) is 5.91 Å². The number of hydrogen-bond donors (Lipinski definition) is 4. The Labute approximate surface area is 335 Å². The molecule has 0 aliphatic rings. The number of carboxylic acids is 1. The van der Waals surface area contributed by atoms with E-state index in [0.29, 0.717) is 12.8 Å². The highest BCUT2D eigenvalue weighted by Gasteiger charge is 2.28. The summed E-state index contributed by atoms with van der Waals surface area (Å²) in [6, 6.07) is -1.54. The summed E-state index contributed by atoms with van der Waals surface area (Å²) in [5.74, 6) is -2.35. The number of carbonyl (C=O) groups is 3. The molecule has 0 spiro atoms. The summed E-state index contributed by atoms with van der Waals surface area (Å²) in [6.45, 7) is 2.61. The average Bonchev–Trinajstić information content (AvgIpc) is 3.16. The summed E-state index contributed by atoms with van der Waals surface area (Å²) < 4.78 is 26.8. The molecule has 3 unspecified atom stereocenters. The Hall–Kier alpha value is -1.52. The van der Waals surface area contributed by atoms with E-state index in [0.717, 1.165) is 38.5 Å². The maximum Gasteiger partial charge on any atom is 0.472 e. The van der Waals surface area contributed by atoms with Gasteiger partial charge in [-0.1, -0.05) is 200 Å². The summed E-state index contributed by atoms with van der Waals surface area (Å²) in [4.78, 5) is 45.9. The van der Waals surface area contributed by atoms with E-state index in [1.54, 1.807) is 0 Å². The monoisotopic (exact) mass is 806 g/mol. The standard InChI is InChI=1S/C43H84NO10P/c1-3-5-7-9-11-13-15-16-17-18-19-20-21-22-23-25-26-28-30-32-34-41(46)44-40(43(48)49)38-54-55(50,51)53-37-39(45)36-52-42(47)35-33-31-29-27-24-14-12-10-8-6-4-2/h39-40,45H,3-38H2,1-2H3,(H,44,46)(H,48,49)(H,50,51). The average molecular weight is 806 g/mol. The quantitative estimate of drug-likeness (QED) is 0.0264. The van der Waals surface area contributed by atoms with Crippen LogP contribution in [0.3, 0.4) is 0 Å². The zero-order valence-electron chi connectivity index (χ0n) is 35.3. The van der Waals surface area contributed by atoms with Crippen LogP contribution in [0.25, 0.3) is 0 Å². The first-order valence-corrected chi connectivity index (χ1v) is 24.1. The largest absolute Gasteiger partial charge is 0.480 e. The van der Waals surface area contributed by atoms with Crippen LogP contribution in [0.1, 0.15) is 226 Å². The molecule has 0 saturated heterocycles. The van der Waals surface area contributed by atoms with Crippen LogP contribution in [0.5, 0.6) is 0 Å². The van der Waals surface area contributed by atoms with Gasteiger partial charge in [-0.25, -0.2) is 9.36 Å². The fourth-order valence-electron chi connectivity index (χ4n) is 6.61. The summed E-state index contributed by atoms with van der Waals surface area (Å²) >= 11 is 0. The minimum Gasteiger partial charge on any atom is -0.480 e. The van der Waals surface area contributed by atoms with Crippen molar-refractivity contribution in [1.82, 2.24) is 5.32 Å². The van der Waals surface area contributed by atoms with Gasteiger partial charge in [-0.3, -0.25) is 18.6 Å². The molecule has 0 radical (unpaired) electrons. The molecule has 11 nitrogen and oxygen atoms in total. The maximum atomic E-state index is 12.3. The fraction of sp³-hybridized carbons (Fsp3) is 0.930. The number of unbranched alkanes of at least 4 members (excludes halogenated alkanes) is 29. The summed E-state index contributed by atoms with van der Waals surface area (Å²) in [5, 5.41) is 21.8. The highest BCUT2D eigenvalue weighted by Crippen LogP contribution is 2.43. The molecule has 1 amide bonds. The molecule has 0 rings (SSSR count). The second-order valence-corrected chi connectivity index (χ2v) is 17.1. The van der Waals surface area contributed by atoms with Crippen molar-refractivity contribution in [1.29, 1.82) is 0 Å². The first kappa shape index (κ1) is 53.5. The normalized spacial score (nSPS) is 13.7. The van der Waals surface area contributed by atoms with Crippen molar-refractivity contribution in [3.05, 3.63) is 0 Å². The van der Waals surface area contributed by atoms with Gasteiger partial charge in [0.25, 0.3) is 0 Å². The molecule has 0 aliphatic carbocycles. The number of aliphatic hydroxyl groups excluding tert-OH is 1. The number of aliphatic carboxylic acids is 1. The Balaban J connectivity index is 3.83. The number of carbonyl (C=O) groups excluding carboxylic acids is 2. The van der Waals surface area contributed by atoms with Crippen molar-refractivity contribution in [2.24, 2.45) is 0 Å². The SMILES string of the molecule is CCCCCCCCCCCCCCCCCCCCCCC(=O)NC(COP(=O)(O)OCC(O)COC(=O)CCCCCCCCCCCCC)C(=O)O. The van der Waals surface area contributed by atoms with Crippen LogP contribution in [-0.2, 0) is 32.7 Å². The van der Waals surface area contributed by atoms with Gasteiger partial charge in [0.05, 0.1) is 13.2 Å². The maximum absolute atomic E-state index is 12.3. The summed E-state index contributed by atoms with van der Waals surface area (Å²) in [6.07, 6.45) is 37.0. The third kappa shape index (κ3) is 39.1. The Morgan fingerprint density at radius 2 is 0.836 bits per heavy atom. The first-order valence-electron chi connectivity index (χ1n) is 22.6. The lowest BCUT2D eigenvalue weighted by atomic mass is 10.0. The topological polar surface area (TPSA) is 169 Å². The van der Waals surface area contributed by atoms with Gasteiger partial charge in [-0.2, -0.15) is 0 Å². The smallest absolute Gasteiger partial charge is 0.472 e. The van der Waals surface area contributed by atoms with Crippen molar-refractivity contribution >= 4 is 25.7 Å². The van der Waals surface area contributed by atoms with Gasteiger partial charge in [-0.05, 0) is 12.8 Å². The van der Waals surface area contributed by atoms with E-state index in [1.165, 1.54) is 148 Å². The molecule has 0 aromatic rings. The van der Waals surface area contributed by atoms with Crippen LogP contribution in [0.2, 0.25) is 0 Å². The zero-order valence-corrected chi connectivity index (χ0v) is 36.2. The number of nitrogens with one attached hydrogen (secondary N) is 1. The molecule has 4 N–H and O–H groups in total. The molecular formula is C43H84NO10P. The van der Waals surface area contributed by atoms with Gasteiger partial charge in [0.15, 0.2) is 6.04 Å². The molecule has 0 fully saturated rings. The molecular weight excluding hydrogens is 721 g/mol. The zero-order chi connectivity index (χ0) is 40.7. The minimum absolute atomic E-state index is 0.153. The molecule has 12 heteroatoms. The number of amides is 1. The Morgan fingerprint density at radius 1 is 0.509 bits per heavy atom. The third-order valence-electron chi connectivity index (χ3n) is 10.1. The third-order valence-corrected chi connectivity index (χ3v) is 11.1. The molecule has 3 atom stereocenters. The first-order chi connectivity index (χ1) is 26.6. The van der Waals surface area contributed by atoms with E-state index in [1.807, 2.05) is 0 Å². The molecule has 0 aliphatic heterocycles. The van der Waals surface area contributed by atoms with E-state index in [2.05, 4.69) is 19.2 Å². The summed E-state index contributed by atoms with van der Waals surface area (Å²) in [7, 11) is -4.75. The number of hydrogen-bond acceptors (Lipinski definition) is 8. The molecule has 0 heterocycles. The number of phosphoric ester groups is 1. The Kier molecular flexibility index (Phi) is 38.2. The van der Waals surface area contributed by atoms with E-state index in [-0.39, 0.29) is 12.8 Å². The highest BCUT2D eigenvalue weighted by molar-refractivity contribution is 7.47. The van der Waals surface area contributed by atoms with Gasteiger partial charge < -0.3 is 25.2 Å². The number of ether oxygens (including phenoxy) is 1. The molecule has 326 valence electrons. The highest BCUT2D eigenvalue weighted by atomic mass is 31.2. The van der Waals surface area contributed by atoms with Crippen molar-refractivity contribution in [3.8, 4) is 0 Å². The van der Waals surface area contributed by atoms with Crippen molar-refractivity contribution in [3.63, 3.8) is 0 Å². The molecule has 0 bridgehead atoms. The molecule has 0 saturated carbocycles. The van der Waals surface area contributed by atoms with Crippen LogP contribution in [-0.4, -0.2) is 64.9 Å². The van der Waals surface area contributed by atoms with Crippen LogP contribution >= 0.6 is 7.82 Å². The lowest BCUT2D eigenvalue weighted by Gasteiger charge is -2.18. The number of carboxylic acid groups (broad SMARTS) is 1. The number of rotatable bonds is 43. The van der Waals surface area contributed by atoms with E-state index >= 15 is 0 Å². The fourth-order valence-corrected chi connectivity index (χ4v) is 7.38. The summed E-state index contributed by atoms with van der Waals surface area (Å²) in [5.41, 5.74) is 0. The van der Waals surface area contributed by atoms with E-state index in [9.17, 15) is 34.1 Å². The minimum atomic E-state index is -4.75. The second-order valence-electron chi connectivity index (χ2n) is 15.6. The Morgan fingerprint density at radius 3 is 1.20 bits per heavy atom. The number of aliphatic hydroxyl groups is 1. The van der Waals surface area contributed by atoms with Gasteiger partial charge >= 0.3 is 19.8 Å². The van der Waals surface area contributed by atoms with Crippen molar-refractivity contribution in [2.45, 2.75) is 238 Å². The molecule has 0 aromatic heterocycles. The number of esters is 1. The van der Waals surface area contributed by atoms with E-state index in [4.69, 9.17) is 13.8 Å². The molecule has 0 aromatic carbocycles. The lowest BCUT2D eigenvalue weighted by Crippen LogP contribution is -2.43. The lowest BCUT2D eigenvalue weighted by molar-refractivity contribution is -0.147.